The van der Waals surface area contributed by atoms with Crippen molar-refractivity contribution in [1.82, 2.24) is 4.90 Å². The van der Waals surface area contributed by atoms with Crippen molar-refractivity contribution >= 4 is 23.9 Å². The van der Waals surface area contributed by atoms with Crippen molar-refractivity contribution in [1.29, 1.82) is 0 Å². The maximum atomic E-state index is 12.2. The molecule has 0 aromatic heterocycles. The predicted molar refractivity (Wildman–Crippen MR) is 104 cm³/mol. The first-order valence-electron chi connectivity index (χ1n) is 9.21. The standard InChI is InChI=1S/C20H29NO8/c1-7-26-17(22)15(18(23)27-8-2)11-14(13-21(5)6)12-16(19(24)28-9-3)20(25)29-10-4/h11-13H,7-10H2,1-6H3. The monoisotopic (exact) mass is 411 g/mol. The summed E-state index contributed by atoms with van der Waals surface area (Å²) in [6.45, 7) is 6.58. The molecule has 0 saturated heterocycles. The van der Waals surface area contributed by atoms with E-state index in [2.05, 4.69) is 0 Å². The van der Waals surface area contributed by atoms with Crippen LogP contribution < -0.4 is 0 Å². The molecule has 0 heterocycles. The zero-order valence-electron chi connectivity index (χ0n) is 17.8. The Bertz CT molecular complexity index is 597. The molecule has 0 aliphatic rings. The number of hydrogen-bond acceptors (Lipinski definition) is 9. The van der Waals surface area contributed by atoms with E-state index in [9.17, 15) is 19.2 Å². The van der Waals surface area contributed by atoms with Gasteiger partial charge in [0.1, 0.15) is 11.1 Å². The number of nitrogens with zero attached hydrogens (tertiary/aromatic N) is 1. The molecular weight excluding hydrogens is 382 g/mol. The number of carbonyl (C=O) groups excluding carboxylic acids is 4. The minimum absolute atomic E-state index is 0.0506. The highest BCUT2D eigenvalue weighted by Crippen LogP contribution is 2.14. The average molecular weight is 411 g/mol. The summed E-state index contributed by atoms with van der Waals surface area (Å²) in [6.07, 6.45) is 3.85. The van der Waals surface area contributed by atoms with E-state index >= 15 is 0 Å². The van der Waals surface area contributed by atoms with Gasteiger partial charge in [-0.25, -0.2) is 19.2 Å². The van der Waals surface area contributed by atoms with Crippen molar-refractivity contribution < 1.29 is 38.1 Å². The van der Waals surface area contributed by atoms with E-state index in [1.165, 1.54) is 18.4 Å². The maximum absolute atomic E-state index is 12.2. The summed E-state index contributed by atoms with van der Waals surface area (Å²) < 4.78 is 19.6. The third kappa shape index (κ3) is 9.59. The lowest BCUT2D eigenvalue weighted by Crippen LogP contribution is -2.20. The number of esters is 4. The van der Waals surface area contributed by atoms with Crippen LogP contribution in [0, 0.1) is 0 Å². The lowest BCUT2D eigenvalue weighted by molar-refractivity contribution is -0.148. The summed E-state index contributed by atoms with van der Waals surface area (Å²) in [5.74, 6) is -3.56. The Morgan fingerprint density at radius 1 is 0.621 bits per heavy atom. The number of ether oxygens (including phenoxy) is 4. The quantitative estimate of drug-likeness (QED) is 0.125. The van der Waals surface area contributed by atoms with Crippen LogP contribution in [0.1, 0.15) is 27.7 Å². The molecule has 162 valence electrons. The summed E-state index contributed by atoms with van der Waals surface area (Å²) in [7, 11) is 3.37. The van der Waals surface area contributed by atoms with Gasteiger partial charge < -0.3 is 23.8 Å². The lowest BCUT2D eigenvalue weighted by Gasteiger charge is -2.11. The fourth-order valence-corrected chi connectivity index (χ4v) is 1.99. The van der Waals surface area contributed by atoms with Gasteiger partial charge in [-0.3, -0.25) is 0 Å². The zero-order chi connectivity index (χ0) is 22.4. The van der Waals surface area contributed by atoms with E-state index in [0.717, 1.165) is 0 Å². The Morgan fingerprint density at radius 2 is 0.897 bits per heavy atom. The van der Waals surface area contributed by atoms with E-state index in [4.69, 9.17) is 18.9 Å². The molecule has 0 aliphatic heterocycles. The van der Waals surface area contributed by atoms with Gasteiger partial charge in [0, 0.05) is 20.3 Å². The Hall–Kier alpha value is -3.10. The number of allylic oxidation sites excluding steroid dienone is 3. The first-order valence-corrected chi connectivity index (χ1v) is 9.21. The third-order valence-corrected chi connectivity index (χ3v) is 3.01. The number of hydrogen-bond donors (Lipinski definition) is 0. The van der Waals surface area contributed by atoms with Crippen molar-refractivity contribution in [2.75, 3.05) is 40.5 Å². The Morgan fingerprint density at radius 3 is 1.10 bits per heavy atom. The van der Waals surface area contributed by atoms with E-state index < -0.39 is 23.9 Å². The van der Waals surface area contributed by atoms with Crippen LogP contribution in [0.25, 0.3) is 0 Å². The average Bonchev–Trinajstić information content (AvgIpc) is 2.63. The van der Waals surface area contributed by atoms with Gasteiger partial charge in [-0.1, -0.05) is 0 Å². The van der Waals surface area contributed by atoms with Crippen LogP contribution in [0.2, 0.25) is 0 Å². The van der Waals surface area contributed by atoms with Crippen LogP contribution in [0.15, 0.2) is 35.1 Å². The van der Waals surface area contributed by atoms with Crippen LogP contribution in [-0.2, 0) is 38.1 Å². The molecule has 29 heavy (non-hydrogen) atoms. The Labute approximate surface area is 170 Å². The third-order valence-electron chi connectivity index (χ3n) is 3.01. The molecule has 0 saturated carbocycles. The molecule has 0 rings (SSSR count). The second kappa shape index (κ2) is 14.0. The van der Waals surface area contributed by atoms with Gasteiger partial charge in [-0.2, -0.15) is 0 Å². The molecule has 0 aliphatic carbocycles. The molecule has 9 nitrogen and oxygen atoms in total. The molecule has 0 amide bonds. The predicted octanol–water partition coefficient (Wildman–Crippen LogP) is 1.54. The van der Waals surface area contributed by atoms with Crippen LogP contribution in [0.4, 0.5) is 0 Å². The summed E-state index contributed by atoms with van der Waals surface area (Å²) in [6, 6.07) is 0. The molecule has 0 spiro atoms. The van der Waals surface area contributed by atoms with Gasteiger partial charge in [-0.15, -0.1) is 0 Å². The van der Waals surface area contributed by atoms with Gasteiger partial charge in [-0.05, 0) is 45.4 Å². The van der Waals surface area contributed by atoms with E-state index in [1.807, 2.05) is 0 Å². The molecule has 0 atom stereocenters. The van der Waals surface area contributed by atoms with Crippen molar-refractivity contribution in [2.45, 2.75) is 27.7 Å². The van der Waals surface area contributed by atoms with Crippen molar-refractivity contribution in [3.05, 3.63) is 35.1 Å². The Balaban J connectivity index is 6.43. The van der Waals surface area contributed by atoms with Gasteiger partial charge >= 0.3 is 23.9 Å². The fourth-order valence-electron chi connectivity index (χ4n) is 1.99. The van der Waals surface area contributed by atoms with Crippen LogP contribution in [0.3, 0.4) is 0 Å². The van der Waals surface area contributed by atoms with E-state index in [0.29, 0.717) is 0 Å². The molecule has 0 radical (unpaired) electrons. The minimum atomic E-state index is -0.891. The van der Waals surface area contributed by atoms with Crippen molar-refractivity contribution in [2.24, 2.45) is 0 Å². The molecule has 0 fully saturated rings. The van der Waals surface area contributed by atoms with Crippen LogP contribution >= 0.6 is 0 Å². The highest BCUT2D eigenvalue weighted by atomic mass is 16.6. The summed E-state index contributed by atoms with van der Waals surface area (Å²) in [5, 5.41) is 0. The summed E-state index contributed by atoms with van der Waals surface area (Å²) in [5.41, 5.74) is -0.586. The molecule has 0 bridgehead atoms. The maximum Gasteiger partial charge on any atom is 0.345 e. The van der Waals surface area contributed by atoms with Crippen LogP contribution in [-0.4, -0.2) is 69.3 Å². The molecular formula is C20H29NO8. The molecule has 9 heteroatoms. The second-order valence-electron chi connectivity index (χ2n) is 5.59. The van der Waals surface area contributed by atoms with Crippen LogP contribution in [0.5, 0.6) is 0 Å². The molecule has 0 aromatic rings. The molecule has 0 aromatic carbocycles. The fraction of sp³-hybridized carbons (Fsp3) is 0.500. The lowest BCUT2D eigenvalue weighted by atomic mass is 10.1. The number of rotatable bonds is 11. The van der Waals surface area contributed by atoms with Crippen molar-refractivity contribution in [3.8, 4) is 0 Å². The normalized spacial score (nSPS) is 9.45. The first-order chi connectivity index (χ1) is 13.7. The Kier molecular flexibility index (Phi) is 12.5. The van der Waals surface area contributed by atoms with Gasteiger partial charge in [0.15, 0.2) is 0 Å². The number of carbonyl (C=O) groups is 4. The van der Waals surface area contributed by atoms with E-state index in [1.54, 1.807) is 46.7 Å². The SMILES string of the molecule is CCOC(=O)C(=CC(=CN(C)C)C=C(C(=O)OCC)C(=O)OCC)C(=O)OCC. The smallest absolute Gasteiger partial charge is 0.345 e. The highest BCUT2D eigenvalue weighted by Gasteiger charge is 2.24. The summed E-state index contributed by atoms with van der Waals surface area (Å²) in [4.78, 5) is 50.4. The topological polar surface area (TPSA) is 108 Å². The summed E-state index contributed by atoms with van der Waals surface area (Å²) >= 11 is 0. The molecule has 0 unspecified atom stereocenters. The largest absolute Gasteiger partial charge is 0.462 e. The first kappa shape index (κ1) is 25.9. The van der Waals surface area contributed by atoms with Gasteiger partial charge in [0.2, 0.25) is 0 Å². The van der Waals surface area contributed by atoms with Gasteiger partial charge in [0.25, 0.3) is 0 Å². The molecule has 0 N–H and O–H groups in total. The highest BCUT2D eigenvalue weighted by molar-refractivity contribution is 6.16. The minimum Gasteiger partial charge on any atom is -0.462 e. The van der Waals surface area contributed by atoms with Gasteiger partial charge in [0.05, 0.1) is 26.4 Å². The van der Waals surface area contributed by atoms with E-state index in [-0.39, 0.29) is 43.1 Å². The zero-order valence-corrected chi connectivity index (χ0v) is 17.8. The second-order valence-corrected chi connectivity index (χ2v) is 5.59. The van der Waals surface area contributed by atoms with Crippen molar-refractivity contribution in [3.63, 3.8) is 0 Å².